The lowest BCUT2D eigenvalue weighted by Crippen LogP contribution is -2.33. The van der Waals surface area contributed by atoms with Gasteiger partial charge in [0.2, 0.25) is 0 Å². The minimum Gasteiger partial charge on any atom is -0.478 e. The second-order valence-electron chi connectivity index (χ2n) is 3.49. The van der Waals surface area contributed by atoms with Crippen LogP contribution in [0.1, 0.15) is 34.2 Å². The monoisotopic (exact) mass is 232 g/mol. The molecule has 1 heterocycles. The molecule has 5 nitrogen and oxygen atoms in total. The molecule has 5 heteroatoms. The highest BCUT2D eigenvalue weighted by molar-refractivity contribution is 6.03. The Hall–Kier alpha value is -2.35. The van der Waals surface area contributed by atoms with E-state index in [1.54, 1.807) is 6.92 Å². The lowest BCUT2D eigenvalue weighted by atomic mass is 10.1. The summed E-state index contributed by atoms with van der Waals surface area (Å²) in [4.78, 5) is 26.4. The molecule has 0 aliphatic carbocycles. The Balaban J connectivity index is 2.90. The van der Waals surface area contributed by atoms with Crippen molar-refractivity contribution in [2.45, 2.75) is 19.4 Å². The molecule has 0 spiro atoms. The summed E-state index contributed by atoms with van der Waals surface area (Å²) < 4.78 is 0. The van der Waals surface area contributed by atoms with E-state index in [1.807, 2.05) is 0 Å². The number of pyridine rings is 1. The SMILES string of the molecule is C#CCC(C)NC(=O)c1ncccc1C(=O)O. The highest BCUT2D eigenvalue weighted by Gasteiger charge is 2.18. The molecule has 0 saturated heterocycles. The standard InChI is InChI=1S/C12H12N2O3/c1-3-5-8(2)14-11(15)10-9(12(16)17)6-4-7-13-10/h1,4,6-8H,5H2,2H3,(H,14,15)(H,16,17). The third kappa shape index (κ3) is 3.31. The fraction of sp³-hybridized carbons (Fsp3) is 0.250. The second-order valence-corrected chi connectivity index (χ2v) is 3.49. The first-order valence-corrected chi connectivity index (χ1v) is 4.99. The maximum Gasteiger partial charge on any atom is 0.338 e. The summed E-state index contributed by atoms with van der Waals surface area (Å²) in [5, 5.41) is 11.5. The molecular weight excluding hydrogens is 220 g/mol. The molecule has 0 aliphatic rings. The van der Waals surface area contributed by atoms with Gasteiger partial charge in [-0.1, -0.05) is 0 Å². The van der Waals surface area contributed by atoms with Gasteiger partial charge in [0.15, 0.2) is 0 Å². The van der Waals surface area contributed by atoms with Crippen LogP contribution in [0.15, 0.2) is 18.3 Å². The number of terminal acetylenes is 1. The first kappa shape index (κ1) is 12.7. The van der Waals surface area contributed by atoms with Crippen LogP contribution in [0.5, 0.6) is 0 Å². The van der Waals surface area contributed by atoms with E-state index in [0.29, 0.717) is 6.42 Å². The van der Waals surface area contributed by atoms with Crippen LogP contribution in [0.4, 0.5) is 0 Å². The fourth-order valence-corrected chi connectivity index (χ4v) is 1.28. The zero-order chi connectivity index (χ0) is 12.8. The average Bonchev–Trinajstić information content (AvgIpc) is 2.29. The van der Waals surface area contributed by atoms with Crippen LogP contribution in [-0.4, -0.2) is 28.0 Å². The number of amides is 1. The summed E-state index contributed by atoms with van der Waals surface area (Å²) in [5.41, 5.74) is -0.234. The molecule has 17 heavy (non-hydrogen) atoms. The summed E-state index contributed by atoms with van der Waals surface area (Å²) in [7, 11) is 0. The number of nitrogens with one attached hydrogen (secondary N) is 1. The molecule has 1 aromatic rings. The number of carbonyl (C=O) groups is 2. The summed E-state index contributed by atoms with van der Waals surface area (Å²) in [5.74, 6) is 0.687. The van der Waals surface area contributed by atoms with E-state index < -0.39 is 11.9 Å². The number of hydrogen-bond donors (Lipinski definition) is 2. The highest BCUT2D eigenvalue weighted by Crippen LogP contribution is 2.05. The predicted molar refractivity (Wildman–Crippen MR) is 61.6 cm³/mol. The van der Waals surface area contributed by atoms with E-state index >= 15 is 0 Å². The number of nitrogens with zero attached hydrogens (tertiary/aromatic N) is 1. The molecule has 0 saturated carbocycles. The Morgan fingerprint density at radius 1 is 1.65 bits per heavy atom. The minimum absolute atomic E-state index is 0.108. The van der Waals surface area contributed by atoms with Crippen LogP contribution in [0, 0.1) is 12.3 Å². The smallest absolute Gasteiger partial charge is 0.338 e. The van der Waals surface area contributed by atoms with Crippen LogP contribution in [-0.2, 0) is 0 Å². The Morgan fingerprint density at radius 2 is 2.35 bits per heavy atom. The lowest BCUT2D eigenvalue weighted by Gasteiger charge is -2.11. The maximum atomic E-state index is 11.7. The van der Waals surface area contributed by atoms with E-state index in [0.717, 1.165) is 0 Å². The average molecular weight is 232 g/mol. The molecule has 1 rings (SSSR count). The zero-order valence-electron chi connectivity index (χ0n) is 9.30. The summed E-state index contributed by atoms with van der Waals surface area (Å²) >= 11 is 0. The van der Waals surface area contributed by atoms with Crippen molar-refractivity contribution in [3.05, 3.63) is 29.6 Å². The van der Waals surface area contributed by atoms with Crippen molar-refractivity contribution in [2.24, 2.45) is 0 Å². The predicted octanol–water partition coefficient (Wildman–Crippen LogP) is 0.921. The topological polar surface area (TPSA) is 79.3 Å². The van der Waals surface area contributed by atoms with Gasteiger partial charge in [-0.2, -0.15) is 0 Å². The maximum absolute atomic E-state index is 11.7. The second kappa shape index (κ2) is 5.66. The number of carboxylic acid groups (broad SMARTS) is 1. The van der Waals surface area contributed by atoms with Crippen molar-refractivity contribution in [1.82, 2.24) is 10.3 Å². The van der Waals surface area contributed by atoms with E-state index in [1.165, 1.54) is 18.3 Å². The van der Waals surface area contributed by atoms with Crippen molar-refractivity contribution in [3.63, 3.8) is 0 Å². The largest absolute Gasteiger partial charge is 0.478 e. The zero-order valence-corrected chi connectivity index (χ0v) is 9.30. The van der Waals surface area contributed by atoms with Crippen LogP contribution in [0.3, 0.4) is 0 Å². The Bertz CT molecular complexity index is 477. The first-order valence-electron chi connectivity index (χ1n) is 4.99. The Morgan fingerprint density at radius 3 is 2.94 bits per heavy atom. The van der Waals surface area contributed by atoms with Gasteiger partial charge in [-0.05, 0) is 19.1 Å². The van der Waals surface area contributed by atoms with E-state index in [9.17, 15) is 9.59 Å². The Kier molecular flexibility index (Phi) is 4.23. The number of hydrogen-bond acceptors (Lipinski definition) is 3. The molecule has 1 aromatic heterocycles. The van der Waals surface area contributed by atoms with Gasteiger partial charge >= 0.3 is 5.97 Å². The van der Waals surface area contributed by atoms with Crippen molar-refractivity contribution in [2.75, 3.05) is 0 Å². The van der Waals surface area contributed by atoms with E-state index in [2.05, 4.69) is 16.2 Å². The first-order chi connectivity index (χ1) is 8.06. The van der Waals surface area contributed by atoms with Crippen LogP contribution in [0.2, 0.25) is 0 Å². The van der Waals surface area contributed by atoms with Crippen molar-refractivity contribution >= 4 is 11.9 Å². The molecule has 1 unspecified atom stereocenters. The summed E-state index contributed by atoms with van der Waals surface area (Å²) in [6.45, 7) is 1.74. The summed E-state index contributed by atoms with van der Waals surface area (Å²) in [6.07, 6.45) is 6.86. The molecule has 1 atom stereocenters. The van der Waals surface area contributed by atoms with Crippen molar-refractivity contribution < 1.29 is 14.7 Å². The van der Waals surface area contributed by atoms with Crippen LogP contribution < -0.4 is 5.32 Å². The molecule has 0 radical (unpaired) electrons. The molecule has 2 N–H and O–H groups in total. The van der Waals surface area contributed by atoms with Gasteiger partial charge in [0, 0.05) is 18.7 Å². The van der Waals surface area contributed by atoms with Gasteiger partial charge in [0.1, 0.15) is 5.69 Å². The van der Waals surface area contributed by atoms with Crippen molar-refractivity contribution in [3.8, 4) is 12.3 Å². The molecule has 1 amide bonds. The van der Waals surface area contributed by atoms with Gasteiger partial charge in [-0.3, -0.25) is 9.78 Å². The Labute approximate surface area is 98.9 Å². The molecule has 88 valence electrons. The van der Waals surface area contributed by atoms with E-state index in [4.69, 9.17) is 11.5 Å². The molecular formula is C12H12N2O3. The molecule has 0 fully saturated rings. The molecule has 0 aromatic carbocycles. The van der Waals surface area contributed by atoms with Gasteiger partial charge in [-0.25, -0.2) is 4.79 Å². The normalized spacial score (nSPS) is 11.3. The van der Waals surface area contributed by atoms with E-state index in [-0.39, 0.29) is 17.3 Å². The van der Waals surface area contributed by atoms with Gasteiger partial charge in [0.25, 0.3) is 5.91 Å². The van der Waals surface area contributed by atoms with Gasteiger partial charge < -0.3 is 10.4 Å². The van der Waals surface area contributed by atoms with Crippen LogP contribution in [0.25, 0.3) is 0 Å². The molecule has 0 bridgehead atoms. The number of aromatic nitrogens is 1. The van der Waals surface area contributed by atoms with Gasteiger partial charge in [0.05, 0.1) is 5.56 Å². The number of aromatic carboxylic acids is 1. The quantitative estimate of drug-likeness (QED) is 0.756. The van der Waals surface area contributed by atoms with Crippen molar-refractivity contribution in [1.29, 1.82) is 0 Å². The fourth-order valence-electron chi connectivity index (χ4n) is 1.28. The number of carboxylic acids is 1. The number of rotatable bonds is 4. The third-order valence-electron chi connectivity index (χ3n) is 2.05. The minimum atomic E-state index is -1.19. The van der Waals surface area contributed by atoms with Crippen LogP contribution >= 0.6 is 0 Å². The van der Waals surface area contributed by atoms with Gasteiger partial charge in [-0.15, -0.1) is 12.3 Å². The number of carbonyl (C=O) groups excluding carboxylic acids is 1. The summed E-state index contributed by atoms with van der Waals surface area (Å²) in [6, 6.07) is 2.57. The lowest BCUT2D eigenvalue weighted by molar-refractivity contribution is 0.0689. The highest BCUT2D eigenvalue weighted by atomic mass is 16.4. The third-order valence-corrected chi connectivity index (χ3v) is 2.05. The molecule has 0 aliphatic heterocycles.